The van der Waals surface area contributed by atoms with Gasteiger partial charge in [0.1, 0.15) is 5.75 Å². The second kappa shape index (κ2) is 8.49. The van der Waals surface area contributed by atoms with E-state index in [1.807, 2.05) is 25.1 Å². The van der Waals surface area contributed by atoms with Crippen molar-refractivity contribution in [1.29, 1.82) is 0 Å². The van der Waals surface area contributed by atoms with E-state index in [4.69, 9.17) is 19.9 Å². The Kier molecular flexibility index (Phi) is 6.34. The number of methoxy groups -OCH3 is 3. The van der Waals surface area contributed by atoms with Gasteiger partial charge in [-0.1, -0.05) is 0 Å². The Labute approximate surface area is 160 Å². The number of hydrogen-bond acceptors (Lipinski definition) is 6. The van der Waals surface area contributed by atoms with Gasteiger partial charge in [0.05, 0.1) is 32.7 Å². The van der Waals surface area contributed by atoms with Crippen molar-refractivity contribution >= 4 is 23.2 Å². The molecule has 2 rings (SSSR count). The number of nitrogens with zero attached hydrogens (tertiary/aromatic N) is 1. The lowest BCUT2D eigenvalue weighted by Crippen LogP contribution is -2.12. The van der Waals surface area contributed by atoms with Crippen LogP contribution in [0.3, 0.4) is 0 Å². The van der Waals surface area contributed by atoms with E-state index in [1.165, 1.54) is 0 Å². The van der Waals surface area contributed by atoms with Gasteiger partial charge in [-0.3, -0.25) is 4.79 Å². The third-order valence-corrected chi connectivity index (χ3v) is 4.24. The van der Waals surface area contributed by atoms with Crippen LogP contribution in [0.1, 0.15) is 22.8 Å². The molecule has 0 aliphatic heterocycles. The molecule has 0 heterocycles. The van der Waals surface area contributed by atoms with Gasteiger partial charge in [-0.15, -0.1) is 0 Å². The summed E-state index contributed by atoms with van der Waals surface area (Å²) in [7, 11) is 8.49. The number of rotatable bonds is 7. The van der Waals surface area contributed by atoms with E-state index < -0.39 is 0 Å². The maximum absolute atomic E-state index is 12.8. The lowest BCUT2D eigenvalue weighted by molar-refractivity contribution is 0.103. The number of carbonyl (C=O) groups excluding carboxylic acids is 1. The Morgan fingerprint density at radius 1 is 0.963 bits per heavy atom. The van der Waals surface area contributed by atoms with Crippen LogP contribution in [-0.2, 0) is 0 Å². The maximum Gasteiger partial charge on any atom is 0.188 e. The summed E-state index contributed by atoms with van der Waals surface area (Å²) in [5.74, 6) is 1.60. The number of Topliss-reactive ketones (excluding diaryl/α,β-unsaturated/α-hetero) is 1. The molecule has 0 aliphatic carbocycles. The van der Waals surface area contributed by atoms with Gasteiger partial charge in [-0.2, -0.15) is 0 Å². The Balaban J connectivity index is 2.42. The first kappa shape index (κ1) is 20.2. The van der Waals surface area contributed by atoms with Crippen molar-refractivity contribution in [1.82, 2.24) is 0 Å². The molecule has 0 fully saturated rings. The first-order chi connectivity index (χ1) is 12.8. The Bertz CT molecular complexity index is 873. The summed E-state index contributed by atoms with van der Waals surface area (Å²) in [5.41, 5.74) is 9.30. The largest absolute Gasteiger partial charge is 0.496 e. The Hall–Kier alpha value is -3.15. The fraction of sp³-hybridized carbons (Fsp3) is 0.286. The molecule has 6 nitrogen and oxygen atoms in total. The van der Waals surface area contributed by atoms with Gasteiger partial charge in [-0.05, 0) is 42.8 Å². The van der Waals surface area contributed by atoms with Crippen LogP contribution in [0.4, 0.5) is 11.4 Å². The third kappa shape index (κ3) is 4.34. The maximum atomic E-state index is 12.8. The highest BCUT2D eigenvalue weighted by Gasteiger charge is 2.14. The number of allylic oxidation sites excluding steroid dienone is 1. The molecule has 0 atom stereocenters. The highest BCUT2D eigenvalue weighted by Crippen LogP contribution is 2.36. The van der Waals surface area contributed by atoms with E-state index in [0.29, 0.717) is 34.1 Å². The van der Waals surface area contributed by atoms with E-state index in [1.54, 1.807) is 58.6 Å². The van der Waals surface area contributed by atoms with E-state index in [2.05, 4.69) is 0 Å². The number of ether oxygens (including phenoxy) is 3. The third-order valence-electron chi connectivity index (χ3n) is 4.24. The molecule has 0 unspecified atom stereocenters. The number of anilines is 2. The number of hydrogen-bond donors (Lipinski definition) is 1. The molecule has 144 valence electrons. The molecular formula is C21H26N2O4. The van der Waals surface area contributed by atoms with Crippen LogP contribution in [0, 0.1) is 0 Å². The van der Waals surface area contributed by atoms with Gasteiger partial charge in [-0.25, -0.2) is 0 Å². The Morgan fingerprint density at radius 3 is 2.07 bits per heavy atom. The van der Waals surface area contributed by atoms with Crippen molar-refractivity contribution in [3.8, 4) is 17.2 Å². The van der Waals surface area contributed by atoms with Gasteiger partial charge >= 0.3 is 0 Å². The predicted molar refractivity (Wildman–Crippen MR) is 109 cm³/mol. The lowest BCUT2D eigenvalue weighted by Gasteiger charge is -2.16. The smallest absolute Gasteiger partial charge is 0.188 e. The van der Waals surface area contributed by atoms with Gasteiger partial charge < -0.3 is 24.8 Å². The van der Waals surface area contributed by atoms with Crippen LogP contribution in [-0.4, -0.2) is 41.2 Å². The molecule has 0 aliphatic rings. The molecular weight excluding hydrogens is 344 g/mol. The minimum Gasteiger partial charge on any atom is -0.496 e. The van der Waals surface area contributed by atoms with Crippen LogP contribution in [0.15, 0.2) is 35.9 Å². The molecule has 2 N–H and O–H groups in total. The summed E-state index contributed by atoms with van der Waals surface area (Å²) in [4.78, 5) is 14.7. The van der Waals surface area contributed by atoms with Gasteiger partial charge in [0.2, 0.25) is 0 Å². The number of benzene rings is 2. The van der Waals surface area contributed by atoms with Crippen molar-refractivity contribution in [3.05, 3.63) is 47.0 Å². The van der Waals surface area contributed by atoms with Crippen molar-refractivity contribution in [2.24, 2.45) is 0 Å². The van der Waals surface area contributed by atoms with Crippen LogP contribution < -0.4 is 24.8 Å². The van der Waals surface area contributed by atoms with Crippen molar-refractivity contribution in [2.75, 3.05) is 46.1 Å². The van der Waals surface area contributed by atoms with Crippen molar-refractivity contribution < 1.29 is 19.0 Å². The molecule has 0 saturated carbocycles. The topological polar surface area (TPSA) is 74.0 Å². The molecule has 0 radical (unpaired) electrons. The fourth-order valence-corrected chi connectivity index (χ4v) is 2.80. The fourth-order valence-electron chi connectivity index (χ4n) is 2.80. The normalized spacial score (nSPS) is 11.1. The standard InChI is InChI=1S/C21H26N2O4/c1-13(21(24)14-7-8-17(23(2)3)16(22)10-14)9-15-11-19(26-5)20(27-6)12-18(15)25-4/h7-12H,22H2,1-6H3. The SMILES string of the molecule is COc1cc(OC)c(OC)cc1C=C(C)C(=O)c1ccc(N(C)C)c(N)c1. The molecule has 0 spiro atoms. The average molecular weight is 370 g/mol. The summed E-state index contributed by atoms with van der Waals surface area (Å²) in [6.45, 7) is 1.76. The molecule has 0 bridgehead atoms. The van der Waals surface area contributed by atoms with Crippen LogP contribution in [0.5, 0.6) is 17.2 Å². The Morgan fingerprint density at radius 2 is 1.56 bits per heavy atom. The first-order valence-electron chi connectivity index (χ1n) is 8.42. The van der Waals surface area contributed by atoms with Gasteiger partial charge in [0.25, 0.3) is 0 Å². The average Bonchev–Trinajstić information content (AvgIpc) is 2.66. The molecule has 0 aromatic heterocycles. The van der Waals surface area contributed by atoms with Crippen LogP contribution in [0.25, 0.3) is 6.08 Å². The second-order valence-corrected chi connectivity index (χ2v) is 6.27. The van der Waals surface area contributed by atoms with E-state index >= 15 is 0 Å². The molecule has 2 aromatic carbocycles. The summed E-state index contributed by atoms with van der Waals surface area (Å²) < 4.78 is 16.0. The predicted octanol–water partition coefficient (Wildman–Crippen LogP) is 3.65. The summed E-state index contributed by atoms with van der Waals surface area (Å²) in [6, 6.07) is 8.81. The number of nitrogens with two attached hydrogens (primary N) is 1. The zero-order valence-corrected chi connectivity index (χ0v) is 16.6. The van der Waals surface area contributed by atoms with Crippen LogP contribution >= 0.6 is 0 Å². The van der Waals surface area contributed by atoms with Crippen LogP contribution in [0.2, 0.25) is 0 Å². The molecule has 27 heavy (non-hydrogen) atoms. The van der Waals surface area contributed by atoms with Crippen molar-refractivity contribution in [3.63, 3.8) is 0 Å². The molecule has 2 aromatic rings. The summed E-state index contributed by atoms with van der Waals surface area (Å²) in [5, 5.41) is 0. The van der Waals surface area contributed by atoms with E-state index in [0.717, 1.165) is 11.3 Å². The highest BCUT2D eigenvalue weighted by molar-refractivity contribution is 6.11. The zero-order chi connectivity index (χ0) is 20.1. The highest BCUT2D eigenvalue weighted by atomic mass is 16.5. The lowest BCUT2D eigenvalue weighted by atomic mass is 10.0. The quantitative estimate of drug-likeness (QED) is 0.456. The van der Waals surface area contributed by atoms with Gasteiger partial charge in [0, 0.05) is 31.3 Å². The van der Waals surface area contributed by atoms with E-state index in [9.17, 15) is 4.79 Å². The number of nitrogen functional groups attached to an aromatic ring is 1. The zero-order valence-electron chi connectivity index (χ0n) is 16.6. The minimum atomic E-state index is -0.108. The monoisotopic (exact) mass is 370 g/mol. The second-order valence-electron chi connectivity index (χ2n) is 6.27. The number of carbonyl (C=O) groups is 1. The molecule has 0 amide bonds. The number of ketones is 1. The summed E-state index contributed by atoms with van der Waals surface area (Å²) >= 11 is 0. The van der Waals surface area contributed by atoms with E-state index in [-0.39, 0.29) is 5.78 Å². The molecule has 6 heteroatoms. The molecule has 0 saturated heterocycles. The van der Waals surface area contributed by atoms with Crippen molar-refractivity contribution in [2.45, 2.75) is 6.92 Å². The summed E-state index contributed by atoms with van der Waals surface area (Å²) in [6.07, 6.45) is 1.76. The minimum absolute atomic E-state index is 0.108. The first-order valence-corrected chi connectivity index (χ1v) is 8.42. The van der Waals surface area contributed by atoms with Gasteiger partial charge in [0.15, 0.2) is 17.3 Å².